The summed E-state index contributed by atoms with van der Waals surface area (Å²) >= 11 is 1.69. The average molecular weight is 208 g/mol. The molecule has 76 valence electrons. The fraction of sp³-hybridized carbons (Fsp3) is 0.333. The molecule has 0 bridgehead atoms. The molecule has 1 nitrogen and oxygen atoms in total. The van der Waals surface area contributed by atoms with E-state index in [0.29, 0.717) is 0 Å². The van der Waals surface area contributed by atoms with Gasteiger partial charge in [0, 0.05) is 4.70 Å². The highest BCUT2D eigenvalue weighted by Gasteiger charge is 2.01. The first-order chi connectivity index (χ1) is 6.81. The zero-order valence-electron chi connectivity index (χ0n) is 8.87. The molecule has 0 spiro atoms. The zero-order valence-corrected chi connectivity index (χ0v) is 9.69. The van der Waals surface area contributed by atoms with Gasteiger partial charge in [0.1, 0.15) is 0 Å². The van der Waals surface area contributed by atoms with Crippen molar-refractivity contribution < 1.29 is 5.11 Å². The lowest BCUT2D eigenvalue weighted by Gasteiger charge is -1.95. The maximum atomic E-state index is 9.02. The van der Waals surface area contributed by atoms with Crippen LogP contribution < -0.4 is 0 Å². The fourth-order valence-corrected chi connectivity index (χ4v) is 2.25. The second kappa shape index (κ2) is 5.13. The van der Waals surface area contributed by atoms with Crippen molar-refractivity contribution >= 4 is 21.4 Å². The van der Waals surface area contributed by atoms with Crippen LogP contribution in [-0.4, -0.2) is 5.11 Å². The smallest absolute Gasteiger partial charge is 0.0696 e. The first-order valence-electron chi connectivity index (χ1n) is 4.89. The van der Waals surface area contributed by atoms with Gasteiger partial charge in [0.15, 0.2) is 0 Å². The monoisotopic (exact) mass is 208 g/mol. The maximum absolute atomic E-state index is 9.02. The Bertz CT molecular complexity index is 404. The number of hydrogen-bond donors (Lipinski definition) is 1. The van der Waals surface area contributed by atoms with E-state index >= 15 is 0 Å². The third-order valence-electron chi connectivity index (χ3n) is 1.98. The largest absolute Gasteiger partial charge is 0.392 e. The molecular weight excluding hydrogens is 192 g/mol. The molecule has 0 amide bonds. The van der Waals surface area contributed by atoms with Gasteiger partial charge >= 0.3 is 0 Å². The van der Waals surface area contributed by atoms with E-state index in [1.807, 2.05) is 19.2 Å². The highest BCUT2D eigenvalue weighted by molar-refractivity contribution is 7.17. The van der Waals surface area contributed by atoms with E-state index in [4.69, 9.17) is 5.11 Å². The minimum Gasteiger partial charge on any atom is -0.392 e. The van der Waals surface area contributed by atoms with Crippen LogP contribution in [-0.2, 0) is 6.61 Å². The highest BCUT2D eigenvalue weighted by atomic mass is 32.1. The van der Waals surface area contributed by atoms with Gasteiger partial charge in [0.05, 0.1) is 6.61 Å². The number of fused-ring (bicyclic) bond motifs is 1. The fourth-order valence-electron chi connectivity index (χ4n) is 1.32. The molecular formula is C12H16OS. The number of aryl methyl sites for hydroxylation is 1. The van der Waals surface area contributed by atoms with Crippen LogP contribution in [0.25, 0.3) is 10.1 Å². The zero-order chi connectivity index (χ0) is 10.6. The minimum atomic E-state index is 0.142. The first kappa shape index (κ1) is 11.2. The summed E-state index contributed by atoms with van der Waals surface area (Å²) < 4.78 is 1.25. The van der Waals surface area contributed by atoms with Crippen LogP contribution >= 0.6 is 11.3 Å². The lowest BCUT2D eigenvalue weighted by Crippen LogP contribution is -1.79. The van der Waals surface area contributed by atoms with Gasteiger partial charge in [-0.3, -0.25) is 0 Å². The van der Waals surface area contributed by atoms with Crippen molar-refractivity contribution in [1.29, 1.82) is 0 Å². The standard InChI is InChI=1S/C10H10OS.C2H6/c1-7-2-3-10-9(4-7)8(5-11)6-12-10;1-2/h2-4,6,11H,5H2,1H3;1-2H3. The quantitative estimate of drug-likeness (QED) is 0.757. The van der Waals surface area contributed by atoms with Crippen molar-refractivity contribution in [1.82, 2.24) is 0 Å². The van der Waals surface area contributed by atoms with Crippen LogP contribution in [0.15, 0.2) is 23.6 Å². The van der Waals surface area contributed by atoms with E-state index in [2.05, 4.69) is 25.1 Å². The van der Waals surface area contributed by atoms with E-state index in [9.17, 15) is 0 Å². The highest BCUT2D eigenvalue weighted by Crippen LogP contribution is 2.26. The van der Waals surface area contributed by atoms with E-state index in [1.165, 1.54) is 15.6 Å². The van der Waals surface area contributed by atoms with Crippen LogP contribution in [0.2, 0.25) is 0 Å². The molecule has 1 aromatic carbocycles. The Balaban J connectivity index is 0.000000461. The van der Waals surface area contributed by atoms with Gasteiger partial charge in [0.25, 0.3) is 0 Å². The second-order valence-electron chi connectivity index (χ2n) is 2.92. The Hall–Kier alpha value is -0.860. The summed E-state index contributed by atoms with van der Waals surface area (Å²) in [4.78, 5) is 0. The predicted molar refractivity (Wildman–Crippen MR) is 63.8 cm³/mol. The van der Waals surface area contributed by atoms with Crippen molar-refractivity contribution in [3.8, 4) is 0 Å². The number of thiophene rings is 1. The van der Waals surface area contributed by atoms with E-state index in [-0.39, 0.29) is 6.61 Å². The summed E-state index contributed by atoms with van der Waals surface area (Å²) in [5, 5.41) is 12.2. The molecule has 0 saturated heterocycles. The normalized spacial score (nSPS) is 9.71. The van der Waals surface area contributed by atoms with Crippen LogP contribution in [0.4, 0.5) is 0 Å². The molecule has 0 aliphatic rings. The van der Waals surface area contributed by atoms with Gasteiger partial charge in [-0.05, 0) is 29.3 Å². The van der Waals surface area contributed by atoms with E-state index in [1.54, 1.807) is 11.3 Å². The molecule has 0 saturated carbocycles. The van der Waals surface area contributed by atoms with E-state index < -0.39 is 0 Å². The Morgan fingerprint density at radius 3 is 2.64 bits per heavy atom. The van der Waals surface area contributed by atoms with Gasteiger partial charge in [-0.25, -0.2) is 0 Å². The summed E-state index contributed by atoms with van der Waals surface area (Å²) in [6.07, 6.45) is 0. The Kier molecular flexibility index (Phi) is 4.11. The van der Waals surface area contributed by atoms with Crippen LogP contribution in [0.3, 0.4) is 0 Å². The van der Waals surface area contributed by atoms with Gasteiger partial charge in [-0.1, -0.05) is 31.5 Å². The lowest BCUT2D eigenvalue weighted by molar-refractivity contribution is 0.284. The molecule has 0 atom stereocenters. The third kappa shape index (κ3) is 2.14. The Morgan fingerprint density at radius 2 is 2.00 bits per heavy atom. The van der Waals surface area contributed by atoms with Gasteiger partial charge in [-0.2, -0.15) is 0 Å². The van der Waals surface area contributed by atoms with Crippen molar-refractivity contribution in [2.45, 2.75) is 27.4 Å². The van der Waals surface area contributed by atoms with Gasteiger partial charge in [0.2, 0.25) is 0 Å². The van der Waals surface area contributed by atoms with Crippen molar-refractivity contribution in [3.05, 3.63) is 34.7 Å². The average Bonchev–Trinajstić information content (AvgIpc) is 2.63. The predicted octanol–water partition coefficient (Wildman–Crippen LogP) is 3.73. The van der Waals surface area contributed by atoms with Crippen molar-refractivity contribution in [2.75, 3.05) is 0 Å². The van der Waals surface area contributed by atoms with Crippen molar-refractivity contribution in [3.63, 3.8) is 0 Å². The molecule has 1 N–H and O–H groups in total. The summed E-state index contributed by atoms with van der Waals surface area (Å²) in [6, 6.07) is 6.33. The molecule has 0 radical (unpaired) electrons. The van der Waals surface area contributed by atoms with Crippen LogP contribution in [0.5, 0.6) is 0 Å². The molecule has 1 aromatic heterocycles. The van der Waals surface area contributed by atoms with E-state index in [0.717, 1.165) is 5.56 Å². The molecule has 0 fully saturated rings. The molecule has 0 unspecified atom stereocenters. The molecule has 0 aliphatic heterocycles. The molecule has 0 aliphatic carbocycles. The van der Waals surface area contributed by atoms with Crippen LogP contribution in [0, 0.1) is 6.92 Å². The Labute approximate surface area is 89.0 Å². The van der Waals surface area contributed by atoms with Gasteiger partial charge < -0.3 is 5.11 Å². The molecule has 2 aromatic rings. The number of benzene rings is 1. The first-order valence-corrected chi connectivity index (χ1v) is 5.77. The molecule has 14 heavy (non-hydrogen) atoms. The van der Waals surface area contributed by atoms with Crippen LogP contribution in [0.1, 0.15) is 25.0 Å². The Morgan fingerprint density at radius 1 is 1.29 bits per heavy atom. The summed E-state index contributed by atoms with van der Waals surface area (Å²) in [6.45, 7) is 6.21. The topological polar surface area (TPSA) is 20.2 Å². The summed E-state index contributed by atoms with van der Waals surface area (Å²) in [5.74, 6) is 0. The number of hydrogen-bond acceptors (Lipinski definition) is 2. The molecule has 2 rings (SSSR count). The van der Waals surface area contributed by atoms with Crippen molar-refractivity contribution in [2.24, 2.45) is 0 Å². The summed E-state index contributed by atoms with van der Waals surface area (Å²) in [7, 11) is 0. The third-order valence-corrected chi connectivity index (χ3v) is 2.99. The second-order valence-corrected chi connectivity index (χ2v) is 3.83. The number of aliphatic hydroxyl groups excluding tert-OH is 1. The number of aliphatic hydroxyl groups is 1. The molecule has 2 heteroatoms. The SMILES string of the molecule is CC.Cc1ccc2scc(CO)c2c1. The lowest BCUT2D eigenvalue weighted by atomic mass is 10.1. The minimum absolute atomic E-state index is 0.142. The molecule has 1 heterocycles. The summed E-state index contributed by atoms with van der Waals surface area (Å²) in [5.41, 5.74) is 2.29. The maximum Gasteiger partial charge on any atom is 0.0696 e. The number of rotatable bonds is 1. The van der Waals surface area contributed by atoms with Gasteiger partial charge in [-0.15, -0.1) is 11.3 Å².